The highest BCUT2D eigenvalue weighted by atomic mass is 32.2. The first-order chi connectivity index (χ1) is 13.5. The van der Waals surface area contributed by atoms with Crippen LogP contribution in [0.1, 0.15) is 36.1 Å². The van der Waals surface area contributed by atoms with Crippen LogP contribution in [-0.2, 0) is 17.6 Å². The molecule has 1 saturated heterocycles. The Morgan fingerprint density at radius 1 is 1.21 bits per heavy atom. The van der Waals surface area contributed by atoms with Gasteiger partial charge in [0.25, 0.3) is 5.24 Å². The standard InChI is InChI=1S/C13H14N2O2S.C9H9N/c1-2-4-9-8(5-3-6-10(9)14)7-11-12(16)15-13(17)18-11;1-2-8-3-5-9(7-10)6-4-8/h2-6,11H,7,14H2,1H3,(H,15,16,17);3-6H,2H2,1H3/b4-2-;. The van der Waals surface area contributed by atoms with Crippen molar-refractivity contribution in [3.63, 3.8) is 0 Å². The van der Waals surface area contributed by atoms with Crippen LogP contribution in [0.25, 0.3) is 6.08 Å². The molecule has 2 aromatic carbocycles. The molecule has 0 radical (unpaired) electrons. The van der Waals surface area contributed by atoms with E-state index in [2.05, 4.69) is 18.3 Å². The van der Waals surface area contributed by atoms with Gasteiger partial charge in [-0.15, -0.1) is 0 Å². The monoisotopic (exact) mass is 393 g/mol. The van der Waals surface area contributed by atoms with Gasteiger partial charge in [0, 0.05) is 11.3 Å². The summed E-state index contributed by atoms with van der Waals surface area (Å²) in [5.74, 6) is -0.223. The molecule has 1 atom stereocenters. The van der Waals surface area contributed by atoms with Crippen LogP contribution in [0.2, 0.25) is 0 Å². The number of hydrogen-bond donors (Lipinski definition) is 2. The number of imide groups is 1. The van der Waals surface area contributed by atoms with Crippen molar-refractivity contribution in [3.8, 4) is 6.07 Å². The Balaban J connectivity index is 0.000000237. The van der Waals surface area contributed by atoms with Crippen molar-refractivity contribution in [1.29, 1.82) is 5.26 Å². The number of allylic oxidation sites excluding steroid dienone is 1. The van der Waals surface area contributed by atoms with Gasteiger partial charge in [-0.1, -0.05) is 55.1 Å². The van der Waals surface area contributed by atoms with E-state index in [1.165, 1.54) is 5.56 Å². The van der Waals surface area contributed by atoms with Crippen LogP contribution < -0.4 is 11.1 Å². The molecule has 2 amide bonds. The lowest BCUT2D eigenvalue weighted by Crippen LogP contribution is -2.25. The molecule has 0 spiro atoms. The maximum Gasteiger partial charge on any atom is 0.286 e. The number of nitriles is 1. The van der Waals surface area contributed by atoms with Gasteiger partial charge >= 0.3 is 0 Å². The average molecular weight is 394 g/mol. The number of aryl methyl sites for hydroxylation is 1. The van der Waals surface area contributed by atoms with E-state index in [-0.39, 0.29) is 16.4 Å². The molecule has 144 valence electrons. The minimum absolute atomic E-state index is 0.223. The lowest BCUT2D eigenvalue weighted by molar-refractivity contribution is -0.118. The van der Waals surface area contributed by atoms with Crippen LogP contribution in [-0.4, -0.2) is 16.4 Å². The number of carbonyl (C=O) groups excluding carboxylic acids is 2. The largest absolute Gasteiger partial charge is 0.398 e. The molecular formula is C22H23N3O2S. The van der Waals surface area contributed by atoms with E-state index in [0.29, 0.717) is 12.1 Å². The minimum Gasteiger partial charge on any atom is -0.398 e. The number of hydrogen-bond acceptors (Lipinski definition) is 5. The highest BCUT2D eigenvalue weighted by Gasteiger charge is 2.31. The van der Waals surface area contributed by atoms with Crippen molar-refractivity contribution in [2.24, 2.45) is 0 Å². The van der Waals surface area contributed by atoms with Crippen LogP contribution in [0.3, 0.4) is 0 Å². The van der Waals surface area contributed by atoms with E-state index >= 15 is 0 Å². The lowest BCUT2D eigenvalue weighted by Gasteiger charge is -2.11. The first kappa shape index (κ1) is 21.3. The fourth-order valence-electron chi connectivity index (χ4n) is 2.72. The second kappa shape index (κ2) is 10.3. The molecule has 3 N–H and O–H groups in total. The molecule has 6 heteroatoms. The first-order valence-electron chi connectivity index (χ1n) is 8.99. The zero-order valence-electron chi connectivity index (χ0n) is 15.9. The predicted octanol–water partition coefficient (Wildman–Crippen LogP) is 4.32. The van der Waals surface area contributed by atoms with Gasteiger partial charge in [-0.3, -0.25) is 14.9 Å². The number of nitrogen functional groups attached to an aromatic ring is 1. The fraction of sp³-hybridized carbons (Fsp3) is 0.227. The topological polar surface area (TPSA) is 96.0 Å². The van der Waals surface area contributed by atoms with Crippen molar-refractivity contribution in [1.82, 2.24) is 5.32 Å². The summed E-state index contributed by atoms with van der Waals surface area (Å²) in [6.45, 7) is 4.01. The Morgan fingerprint density at radius 3 is 2.46 bits per heavy atom. The first-order valence-corrected chi connectivity index (χ1v) is 9.87. The quantitative estimate of drug-likeness (QED) is 0.754. The van der Waals surface area contributed by atoms with Crippen LogP contribution in [0.4, 0.5) is 10.5 Å². The molecule has 1 aliphatic rings. The summed E-state index contributed by atoms with van der Waals surface area (Å²) in [4.78, 5) is 22.7. The summed E-state index contributed by atoms with van der Waals surface area (Å²) in [6, 6.07) is 15.4. The average Bonchev–Trinajstić information content (AvgIpc) is 3.02. The van der Waals surface area contributed by atoms with E-state index < -0.39 is 0 Å². The molecule has 0 bridgehead atoms. The van der Waals surface area contributed by atoms with E-state index in [0.717, 1.165) is 34.9 Å². The number of thioether (sulfide) groups is 1. The van der Waals surface area contributed by atoms with Crippen molar-refractivity contribution >= 4 is 34.7 Å². The van der Waals surface area contributed by atoms with E-state index in [4.69, 9.17) is 11.0 Å². The van der Waals surface area contributed by atoms with Gasteiger partial charge in [0.05, 0.1) is 16.9 Å². The number of rotatable bonds is 4. The highest BCUT2D eigenvalue weighted by molar-refractivity contribution is 8.15. The van der Waals surface area contributed by atoms with Gasteiger partial charge < -0.3 is 5.73 Å². The molecule has 0 aliphatic carbocycles. The zero-order chi connectivity index (χ0) is 20.5. The maximum atomic E-state index is 11.5. The Morgan fingerprint density at radius 2 is 1.93 bits per heavy atom. The fourth-order valence-corrected chi connectivity index (χ4v) is 3.57. The zero-order valence-corrected chi connectivity index (χ0v) is 16.8. The Hall–Kier alpha value is -3.04. The molecule has 1 heterocycles. The number of amides is 2. The predicted molar refractivity (Wildman–Crippen MR) is 115 cm³/mol. The molecule has 2 aromatic rings. The van der Waals surface area contributed by atoms with Gasteiger partial charge in [0.2, 0.25) is 5.91 Å². The molecule has 0 aromatic heterocycles. The van der Waals surface area contributed by atoms with Crippen molar-refractivity contribution in [3.05, 3.63) is 70.8 Å². The minimum atomic E-state index is -0.358. The Kier molecular flexibility index (Phi) is 7.85. The van der Waals surface area contributed by atoms with Crippen LogP contribution in [0.15, 0.2) is 48.5 Å². The molecule has 3 rings (SSSR count). The van der Waals surface area contributed by atoms with Gasteiger partial charge in [0.1, 0.15) is 0 Å². The number of benzene rings is 2. The van der Waals surface area contributed by atoms with Crippen LogP contribution >= 0.6 is 11.8 Å². The third kappa shape index (κ3) is 5.73. The summed E-state index contributed by atoms with van der Waals surface area (Å²) in [6.07, 6.45) is 5.37. The van der Waals surface area contributed by atoms with Gasteiger partial charge in [-0.2, -0.15) is 5.26 Å². The summed E-state index contributed by atoms with van der Waals surface area (Å²) in [5.41, 5.74) is 10.5. The molecular weight excluding hydrogens is 370 g/mol. The highest BCUT2D eigenvalue weighted by Crippen LogP contribution is 2.27. The summed E-state index contributed by atoms with van der Waals surface area (Å²) in [5, 5.41) is 10.1. The van der Waals surface area contributed by atoms with Gasteiger partial charge in [-0.25, -0.2) is 0 Å². The number of nitrogens with two attached hydrogens (primary N) is 1. The molecule has 28 heavy (non-hydrogen) atoms. The van der Waals surface area contributed by atoms with Crippen molar-refractivity contribution in [2.75, 3.05) is 5.73 Å². The van der Waals surface area contributed by atoms with Gasteiger partial charge in [0.15, 0.2) is 0 Å². The third-order valence-corrected chi connectivity index (χ3v) is 5.21. The molecule has 1 fully saturated rings. The third-order valence-electron chi connectivity index (χ3n) is 4.23. The Labute approximate surface area is 169 Å². The lowest BCUT2D eigenvalue weighted by atomic mass is 10.0. The van der Waals surface area contributed by atoms with Crippen LogP contribution in [0, 0.1) is 11.3 Å². The molecule has 0 saturated carbocycles. The van der Waals surface area contributed by atoms with E-state index in [1.807, 2.05) is 61.5 Å². The molecule has 5 nitrogen and oxygen atoms in total. The van der Waals surface area contributed by atoms with E-state index in [9.17, 15) is 9.59 Å². The number of carbonyl (C=O) groups is 2. The summed E-state index contributed by atoms with van der Waals surface area (Å²) >= 11 is 1.04. The smallest absolute Gasteiger partial charge is 0.286 e. The summed E-state index contributed by atoms with van der Waals surface area (Å²) in [7, 11) is 0. The van der Waals surface area contributed by atoms with Crippen molar-refractivity contribution in [2.45, 2.75) is 31.9 Å². The second-order valence-electron chi connectivity index (χ2n) is 6.17. The number of anilines is 1. The number of nitrogens with zero attached hydrogens (tertiary/aromatic N) is 1. The molecule has 1 aliphatic heterocycles. The van der Waals surface area contributed by atoms with Crippen molar-refractivity contribution < 1.29 is 9.59 Å². The second-order valence-corrected chi connectivity index (χ2v) is 7.35. The molecule has 1 unspecified atom stereocenters. The maximum absolute atomic E-state index is 11.5. The normalized spacial score (nSPS) is 15.7. The Bertz CT molecular complexity index is 914. The van der Waals surface area contributed by atoms with Crippen LogP contribution in [0.5, 0.6) is 0 Å². The van der Waals surface area contributed by atoms with Gasteiger partial charge in [-0.05, 0) is 49.1 Å². The number of nitrogens with one attached hydrogen (secondary N) is 1. The SMILES string of the molecule is C/C=C\c1c(N)cccc1CC1SC(=O)NC1=O.CCc1ccc(C#N)cc1. The summed E-state index contributed by atoms with van der Waals surface area (Å²) < 4.78 is 0. The van der Waals surface area contributed by atoms with E-state index in [1.54, 1.807) is 0 Å².